The van der Waals surface area contributed by atoms with Gasteiger partial charge in [-0.1, -0.05) is 38.1 Å². The van der Waals surface area contributed by atoms with E-state index in [1.54, 1.807) is 12.1 Å². The molecule has 1 fully saturated rings. The van der Waals surface area contributed by atoms with Gasteiger partial charge in [-0.2, -0.15) is 4.31 Å². The topological polar surface area (TPSA) is 75.7 Å². The highest BCUT2D eigenvalue weighted by atomic mass is 32.2. The molecule has 31 heavy (non-hydrogen) atoms. The van der Waals surface area contributed by atoms with E-state index in [0.717, 1.165) is 35.2 Å². The van der Waals surface area contributed by atoms with Gasteiger partial charge in [0.05, 0.1) is 7.11 Å². The molecular formula is C24H32N2O4S. The second kappa shape index (κ2) is 9.83. The number of hydrogen-bond acceptors (Lipinski definition) is 4. The summed E-state index contributed by atoms with van der Waals surface area (Å²) in [5, 5.41) is 3.13. The van der Waals surface area contributed by atoms with E-state index >= 15 is 0 Å². The van der Waals surface area contributed by atoms with Gasteiger partial charge in [0.2, 0.25) is 15.9 Å². The van der Waals surface area contributed by atoms with Gasteiger partial charge in [-0.25, -0.2) is 8.42 Å². The quantitative estimate of drug-likeness (QED) is 0.696. The molecule has 0 saturated carbocycles. The van der Waals surface area contributed by atoms with Crippen molar-refractivity contribution in [2.24, 2.45) is 5.92 Å². The van der Waals surface area contributed by atoms with Gasteiger partial charge < -0.3 is 10.1 Å². The molecule has 0 bridgehead atoms. The number of carbonyl (C=O) groups excluding carboxylic acids is 1. The lowest BCUT2D eigenvalue weighted by Crippen LogP contribution is -2.41. The predicted octanol–water partition coefficient (Wildman–Crippen LogP) is 4.17. The molecule has 0 atom stereocenters. The van der Waals surface area contributed by atoms with E-state index in [0.29, 0.717) is 31.7 Å². The molecule has 3 rings (SSSR count). The van der Waals surface area contributed by atoms with Crippen molar-refractivity contribution in [3.8, 4) is 5.75 Å². The number of amides is 1. The SMILES string of the molecule is CCc1cccc(CC)c1NC(=O)C1CCN(S(=O)(=O)c2cc(C)ccc2OC)CC1. The van der Waals surface area contributed by atoms with Crippen molar-refractivity contribution >= 4 is 21.6 Å². The molecule has 2 aromatic carbocycles. The van der Waals surface area contributed by atoms with E-state index in [4.69, 9.17) is 4.74 Å². The van der Waals surface area contributed by atoms with Gasteiger partial charge in [0.25, 0.3) is 0 Å². The van der Waals surface area contributed by atoms with Gasteiger partial charge in [-0.15, -0.1) is 0 Å². The van der Waals surface area contributed by atoms with Crippen LogP contribution in [0.1, 0.15) is 43.4 Å². The van der Waals surface area contributed by atoms with E-state index < -0.39 is 10.0 Å². The van der Waals surface area contributed by atoms with Gasteiger partial charge in [0.1, 0.15) is 10.6 Å². The standard InChI is InChI=1S/C24H32N2O4S/c1-5-18-8-7-9-19(6-2)23(18)25-24(27)20-12-14-26(15-13-20)31(28,29)22-16-17(3)10-11-21(22)30-4/h7-11,16,20H,5-6,12-15H2,1-4H3,(H,25,27). The molecule has 0 unspecified atom stereocenters. The minimum absolute atomic E-state index is 0.0271. The maximum Gasteiger partial charge on any atom is 0.246 e. The van der Waals surface area contributed by atoms with Crippen molar-refractivity contribution in [2.45, 2.75) is 51.3 Å². The van der Waals surface area contributed by atoms with E-state index in [-0.39, 0.29) is 16.7 Å². The number of nitrogens with one attached hydrogen (secondary N) is 1. The number of anilines is 1. The molecule has 1 amide bonds. The Labute approximate surface area is 185 Å². The van der Waals surface area contributed by atoms with Crippen LogP contribution in [-0.2, 0) is 27.7 Å². The summed E-state index contributed by atoms with van der Waals surface area (Å²) in [4.78, 5) is 13.2. The van der Waals surface area contributed by atoms with Crippen LogP contribution < -0.4 is 10.1 Å². The van der Waals surface area contributed by atoms with Gasteiger partial charge in [-0.05, 0) is 61.4 Å². The Kier molecular flexibility index (Phi) is 7.38. The Morgan fingerprint density at radius 2 is 1.71 bits per heavy atom. The minimum atomic E-state index is -3.68. The third-order valence-electron chi connectivity index (χ3n) is 6.01. The van der Waals surface area contributed by atoms with Crippen LogP contribution in [0.3, 0.4) is 0 Å². The molecule has 0 spiro atoms. The maximum absolute atomic E-state index is 13.2. The number of sulfonamides is 1. The van der Waals surface area contributed by atoms with Crippen molar-refractivity contribution < 1.29 is 17.9 Å². The molecular weight excluding hydrogens is 412 g/mol. The lowest BCUT2D eigenvalue weighted by molar-refractivity contribution is -0.120. The fourth-order valence-corrected chi connectivity index (χ4v) is 5.82. The number of hydrogen-bond donors (Lipinski definition) is 1. The van der Waals surface area contributed by atoms with Crippen LogP contribution in [0, 0.1) is 12.8 Å². The summed E-state index contributed by atoms with van der Waals surface area (Å²) in [6.07, 6.45) is 2.68. The van der Waals surface area contributed by atoms with Crippen LogP contribution in [0.5, 0.6) is 5.75 Å². The first-order valence-corrected chi connectivity index (χ1v) is 12.3. The summed E-state index contributed by atoms with van der Waals surface area (Å²) in [6.45, 7) is 6.63. The first-order chi connectivity index (χ1) is 14.8. The van der Waals surface area contributed by atoms with Crippen LogP contribution in [0.4, 0.5) is 5.69 Å². The molecule has 1 aliphatic heterocycles. The predicted molar refractivity (Wildman–Crippen MR) is 123 cm³/mol. The molecule has 0 aliphatic carbocycles. The highest BCUT2D eigenvalue weighted by Crippen LogP contribution is 2.31. The number of rotatable bonds is 7. The zero-order valence-electron chi connectivity index (χ0n) is 18.8. The average molecular weight is 445 g/mol. The number of piperidine rings is 1. The summed E-state index contributed by atoms with van der Waals surface area (Å²) in [5.74, 6) is 0.106. The molecule has 1 heterocycles. The van der Waals surface area contributed by atoms with E-state index in [2.05, 4.69) is 19.2 Å². The van der Waals surface area contributed by atoms with Crippen molar-refractivity contribution in [1.29, 1.82) is 0 Å². The van der Waals surface area contributed by atoms with Crippen molar-refractivity contribution in [3.63, 3.8) is 0 Å². The molecule has 168 valence electrons. The van der Waals surface area contributed by atoms with Gasteiger partial charge in [-0.3, -0.25) is 4.79 Å². The van der Waals surface area contributed by atoms with Gasteiger partial charge in [0, 0.05) is 24.7 Å². The molecule has 0 aromatic heterocycles. The summed E-state index contributed by atoms with van der Waals surface area (Å²) in [6, 6.07) is 11.3. The van der Waals surface area contributed by atoms with Crippen LogP contribution >= 0.6 is 0 Å². The fraction of sp³-hybridized carbons (Fsp3) is 0.458. The zero-order valence-corrected chi connectivity index (χ0v) is 19.6. The Hall–Kier alpha value is -2.38. The number of methoxy groups -OCH3 is 1. The third kappa shape index (κ3) is 4.93. The summed E-state index contributed by atoms with van der Waals surface area (Å²) >= 11 is 0. The minimum Gasteiger partial charge on any atom is -0.495 e. The number of nitrogens with zero attached hydrogens (tertiary/aromatic N) is 1. The van der Waals surface area contributed by atoms with Crippen LogP contribution in [0.25, 0.3) is 0 Å². The second-order valence-corrected chi connectivity index (χ2v) is 9.89. The number of carbonyl (C=O) groups is 1. The Morgan fingerprint density at radius 1 is 1.10 bits per heavy atom. The van der Waals surface area contributed by atoms with E-state index in [1.807, 2.05) is 31.2 Å². The molecule has 0 radical (unpaired) electrons. The fourth-order valence-electron chi connectivity index (χ4n) is 4.11. The lowest BCUT2D eigenvalue weighted by Gasteiger charge is -2.31. The van der Waals surface area contributed by atoms with E-state index in [9.17, 15) is 13.2 Å². The van der Waals surface area contributed by atoms with E-state index in [1.165, 1.54) is 11.4 Å². The van der Waals surface area contributed by atoms with Crippen LogP contribution in [-0.4, -0.2) is 38.8 Å². The van der Waals surface area contributed by atoms with Crippen LogP contribution in [0.15, 0.2) is 41.3 Å². The number of para-hydroxylation sites is 1. The highest BCUT2D eigenvalue weighted by Gasteiger charge is 2.34. The van der Waals surface area contributed by atoms with Crippen molar-refractivity contribution in [3.05, 3.63) is 53.1 Å². The largest absolute Gasteiger partial charge is 0.495 e. The molecule has 7 heteroatoms. The molecule has 1 aliphatic rings. The number of benzene rings is 2. The summed E-state index contributed by atoms with van der Waals surface area (Å²) in [7, 11) is -2.21. The highest BCUT2D eigenvalue weighted by molar-refractivity contribution is 7.89. The Morgan fingerprint density at radius 3 is 2.26 bits per heavy atom. The van der Waals surface area contributed by atoms with Crippen LogP contribution in [0.2, 0.25) is 0 Å². The smallest absolute Gasteiger partial charge is 0.246 e. The second-order valence-electron chi connectivity index (χ2n) is 7.98. The lowest BCUT2D eigenvalue weighted by atomic mass is 9.96. The Balaban J connectivity index is 1.71. The summed E-state index contributed by atoms with van der Waals surface area (Å²) in [5.41, 5.74) is 4.02. The average Bonchev–Trinajstić information content (AvgIpc) is 2.79. The van der Waals surface area contributed by atoms with Crippen molar-refractivity contribution in [1.82, 2.24) is 4.31 Å². The molecule has 1 saturated heterocycles. The zero-order chi connectivity index (χ0) is 22.6. The van der Waals surface area contributed by atoms with Gasteiger partial charge in [0.15, 0.2) is 0 Å². The van der Waals surface area contributed by atoms with Crippen molar-refractivity contribution in [2.75, 3.05) is 25.5 Å². The normalized spacial score (nSPS) is 15.6. The first-order valence-electron chi connectivity index (χ1n) is 10.9. The first kappa shape index (κ1) is 23.3. The van der Waals surface area contributed by atoms with Gasteiger partial charge >= 0.3 is 0 Å². The maximum atomic E-state index is 13.2. The number of ether oxygens (including phenoxy) is 1. The third-order valence-corrected chi connectivity index (χ3v) is 7.93. The summed E-state index contributed by atoms with van der Waals surface area (Å²) < 4.78 is 33.1. The molecule has 6 nitrogen and oxygen atoms in total. The Bertz CT molecular complexity index is 1020. The molecule has 2 aromatic rings. The monoisotopic (exact) mass is 444 g/mol. The molecule has 1 N–H and O–H groups in total. The number of aryl methyl sites for hydroxylation is 3.